The minimum atomic E-state index is -3.85. The Labute approximate surface area is 115 Å². The molecule has 0 unspecified atom stereocenters. The molecule has 0 fully saturated rings. The molecule has 0 aliphatic heterocycles. The summed E-state index contributed by atoms with van der Waals surface area (Å²) in [5.41, 5.74) is 5.74. The first-order valence-corrected chi connectivity index (χ1v) is 6.92. The average Bonchev–Trinajstić information content (AvgIpc) is 2.39. The highest BCUT2D eigenvalue weighted by Gasteiger charge is 2.20. The Balaban J connectivity index is 2.43. The van der Waals surface area contributed by atoms with Crippen LogP contribution in [-0.2, 0) is 10.0 Å². The standard InChI is InChI=1S/C10H9N5O2S2/c11-10(18)9-8(2-1-3-14-9)19(16,17)15-7-4-12-6-13-5-7/h1-6,15H,(H2,11,18). The third-order valence-corrected chi connectivity index (χ3v) is 3.71. The van der Waals surface area contributed by atoms with E-state index in [1.54, 1.807) is 0 Å². The van der Waals surface area contributed by atoms with E-state index in [0.717, 1.165) is 0 Å². The van der Waals surface area contributed by atoms with Crippen LogP contribution in [-0.4, -0.2) is 28.4 Å². The highest BCUT2D eigenvalue weighted by molar-refractivity contribution is 7.93. The minimum absolute atomic E-state index is 0.0434. The lowest BCUT2D eigenvalue weighted by molar-refractivity contribution is 0.600. The summed E-state index contributed by atoms with van der Waals surface area (Å²) >= 11 is 4.78. The maximum Gasteiger partial charge on any atom is 0.264 e. The first-order chi connectivity index (χ1) is 9.00. The molecule has 0 amide bonds. The van der Waals surface area contributed by atoms with Crippen LogP contribution >= 0.6 is 12.2 Å². The number of nitrogens with zero attached hydrogens (tertiary/aromatic N) is 3. The summed E-state index contributed by atoms with van der Waals surface area (Å²) in [5, 5.41) is 0. The fourth-order valence-corrected chi connectivity index (χ4v) is 2.78. The molecule has 2 aromatic heterocycles. The molecule has 2 aromatic rings. The molecule has 0 aliphatic rings. The zero-order chi connectivity index (χ0) is 13.9. The molecule has 0 radical (unpaired) electrons. The van der Waals surface area contributed by atoms with Gasteiger partial charge in [0.25, 0.3) is 10.0 Å². The maximum absolute atomic E-state index is 12.2. The number of hydrogen-bond acceptors (Lipinski definition) is 6. The van der Waals surface area contributed by atoms with E-state index in [4.69, 9.17) is 18.0 Å². The molecule has 2 rings (SSSR count). The third-order valence-electron chi connectivity index (χ3n) is 2.11. The second-order valence-electron chi connectivity index (χ2n) is 3.45. The van der Waals surface area contributed by atoms with Crippen molar-refractivity contribution in [2.45, 2.75) is 4.90 Å². The Kier molecular flexibility index (Phi) is 3.67. The van der Waals surface area contributed by atoms with Gasteiger partial charge in [0.1, 0.15) is 21.9 Å². The molecule has 7 nitrogen and oxygen atoms in total. The van der Waals surface area contributed by atoms with Crippen LogP contribution in [0.1, 0.15) is 5.69 Å². The maximum atomic E-state index is 12.2. The average molecular weight is 295 g/mol. The molecular formula is C10H9N5O2S2. The quantitative estimate of drug-likeness (QED) is 0.781. The highest BCUT2D eigenvalue weighted by Crippen LogP contribution is 2.16. The second kappa shape index (κ2) is 5.24. The van der Waals surface area contributed by atoms with Crippen molar-refractivity contribution in [2.24, 2.45) is 5.73 Å². The minimum Gasteiger partial charge on any atom is -0.388 e. The number of rotatable bonds is 4. The number of sulfonamides is 1. The van der Waals surface area contributed by atoms with Crippen LogP contribution in [0.15, 0.2) is 41.9 Å². The summed E-state index contributed by atoms with van der Waals surface area (Å²) in [7, 11) is -3.85. The van der Waals surface area contributed by atoms with E-state index in [-0.39, 0.29) is 21.3 Å². The number of aromatic nitrogens is 3. The molecule has 0 bridgehead atoms. The fraction of sp³-hybridized carbons (Fsp3) is 0. The SMILES string of the molecule is NC(=S)c1ncccc1S(=O)(=O)Nc1cncnc1. The van der Waals surface area contributed by atoms with Crippen molar-refractivity contribution in [3.05, 3.63) is 42.7 Å². The van der Waals surface area contributed by atoms with Crippen LogP contribution in [0.5, 0.6) is 0 Å². The lowest BCUT2D eigenvalue weighted by atomic mass is 10.3. The number of pyridine rings is 1. The van der Waals surface area contributed by atoms with Gasteiger partial charge in [-0.2, -0.15) is 0 Å². The number of anilines is 1. The normalized spacial score (nSPS) is 10.9. The summed E-state index contributed by atoms with van der Waals surface area (Å²) in [5.74, 6) is 0. The van der Waals surface area contributed by atoms with E-state index in [0.29, 0.717) is 0 Å². The Morgan fingerprint density at radius 1 is 1.32 bits per heavy atom. The van der Waals surface area contributed by atoms with Crippen LogP contribution in [0.2, 0.25) is 0 Å². The number of nitrogens with one attached hydrogen (secondary N) is 1. The Morgan fingerprint density at radius 3 is 2.63 bits per heavy atom. The largest absolute Gasteiger partial charge is 0.388 e. The van der Waals surface area contributed by atoms with Gasteiger partial charge < -0.3 is 5.73 Å². The van der Waals surface area contributed by atoms with Gasteiger partial charge >= 0.3 is 0 Å². The van der Waals surface area contributed by atoms with Crippen LogP contribution in [0.4, 0.5) is 5.69 Å². The van der Waals surface area contributed by atoms with Crippen LogP contribution in [0.3, 0.4) is 0 Å². The van der Waals surface area contributed by atoms with Gasteiger partial charge in [0.2, 0.25) is 0 Å². The van der Waals surface area contributed by atoms with Gasteiger partial charge in [0.15, 0.2) is 0 Å². The lowest BCUT2D eigenvalue weighted by Crippen LogP contribution is -2.21. The van der Waals surface area contributed by atoms with Crippen molar-refractivity contribution in [3.8, 4) is 0 Å². The molecule has 2 heterocycles. The fourth-order valence-electron chi connectivity index (χ4n) is 1.35. The van der Waals surface area contributed by atoms with E-state index in [2.05, 4.69) is 19.7 Å². The van der Waals surface area contributed by atoms with Crippen molar-refractivity contribution < 1.29 is 8.42 Å². The van der Waals surface area contributed by atoms with Crippen molar-refractivity contribution in [2.75, 3.05) is 4.72 Å². The monoisotopic (exact) mass is 295 g/mol. The summed E-state index contributed by atoms with van der Waals surface area (Å²) < 4.78 is 26.7. The second-order valence-corrected chi connectivity index (χ2v) is 5.54. The molecule has 0 spiro atoms. The molecule has 98 valence electrons. The van der Waals surface area contributed by atoms with Gasteiger partial charge in [-0.3, -0.25) is 9.71 Å². The Morgan fingerprint density at radius 2 is 2.00 bits per heavy atom. The van der Waals surface area contributed by atoms with Crippen molar-refractivity contribution >= 4 is 32.9 Å². The van der Waals surface area contributed by atoms with Crippen LogP contribution in [0.25, 0.3) is 0 Å². The van der Waals surface area contributed by atoms with E-state index >= 15 is 0 Å². The van der Waals surface area contributed by atoms with E-state index < -0.39 is 10.0 Å². The summed E-state index contributed by atoms with van der Waals surface area (Å²) in [6.45, 7) is 0. The highest BCUT2D eigenvalue weighted by atomic mass is 32.2. The molecule has 3 N–H and O–H groups in total. The van der Waals surface area contributed by atoms with Gasteiger partial charge in [-0.15, -0.1) is 0 Å². The van der Waals surface area contributed by atoms with Crippen LogP contribution in [0, 0.1) is 0 Å². The first-order valence-electron chi connectivity index (χ1n) is 5.03. The van der Waals surface area contributed by atoms with Crippen molar-refractivity contribution in [1.29, 1.82) is 0 Å². The molecule has 0 aliphatic carbocycles. The van der Waals surface area contributed by atoms with Gasteiger partial charge in [0.05, 0.1) is 18.1 Å². The Bertz CT molecular complexity index is 703. The predicted molar refractivity (Wildman–Crippen MR) is 73.0 cm³/mol. The van der Waals surface area contributed by atoms with E-state index in [1.165, 1.54) is 37.1 Å². The van der Waals surface area contributed by atoms with Gasteiger partial charge in [-0.1, -0.05) is 12.2 Å². The van der Waals surface area contributed by atoms with Gasteiger partial charge in [-0.05, 0) is 12.1 Å². The molecule has 19 heavy (non-hydrogen) atoms. The van der Waals surface area contributed by atoms with Gasteiger partial charge in [-0.25, -0.2) is 18.4 Å². The molecule has 0 aromatic carbocycles. The smallest absolute Gasteiger partial charge is 0.264 e. The van der Waals surface area contributed by atoms with Crippen molar-refractivity contribution in [3.63, 3.8) is 0 Å². The molecule has 0 saturated heterocycles. The zero-order valence-electron chi connectivity index (χ0n) is 9.52. The lowest BCUT2D eigenvalue weighted by Gasteiger charge is -2.09. The Hall–Kier alpha value is -2.13. The van der Waals surface area contributed by atoms with E-state index in [1.807, 2.05) is 0 Å². The molecule has 9 heteroatoms. The third kappa shape index (κ3) is 3.01. The number of hydrogen-bond donors (Lipinski definition) is 2. The first kappa shape index (κ1) is 13.3. The van der Waals surface area contributed by atoms with Gasteiger partial charge in [0, 0.05) is 6.20 Å². The predicted octanol–water partition coefficient (Wildman–Crippen LogP) is 0.307. The zero-order valence-corrected chi connectivity index (χ0v) is 11.1. The van der Waals surface area contributed by atoms with E-state index in [9.17, 15) is 8.42 Å². The number of thiocarbonyl (C=S) groups is 1. The van der Waals surface area contributed by atoms with Crippen LogP contribution < -0.4 is 10.5 Å². The topological polar surface area (TPSA) is 111 Å². The molecule has 0 saturated carbocycles. The molecular weight excluding hydrogens is 286 g/mol. The summed E-state index contributed by atoms with van der Waals surface area (Å²) in [6, 6.07) is 2.85. The number of nitrogens with two attached hydrogens (primary N) is 1. The van der Waals surface area contributed by atoms with Crippen molar-refractivity contribution in [1.82, 2.24) is 15.0 Å². The summed E-state index contributed by atoms with van der Waals surface area (Å²) in [6.07, 6.45) is 5.38. The summed E-state index contributed by atoms with van der Waals surface area (Å²) in [4.78, 5) is 11.1. The molecule has 0 atom stereocenters.